The number of hydrogen-bond acceptors (Lipinski definition) is 5. The van der Waals surface area contributed by atoms with E-state index in [1.54, 1.807) is 12.1 Å². The van der Waals surface area contributed by atoms with E-state index in [1.807, 2.05) is 19.9 Å². The number of nitrogens with one attached hydrogen (secondary N) is 1. The fraction of sp³-hybridized carbons (Fsp3) is 0.250. The highest BCUT2D eigenvalue weighted by Crippen LogP contribution is 2.29. The maximum Gasteiger partial charge on any atom is 0.265 e. The lowest BCUT2D eigenvalue weighted by Crippen LogP contribution is -2.15. The number of sulfonamides is 1. The number of ether oxygens (including phenoxy) is 1. The first-order valence-corrected chi connectivity index (χ1v) is 10.4. The fourth-order valence-corrected chi connectivity index (χ4v) is 4.30. The quantitative estimate of drug-likeness (QED) is 0.875. The maximum absolute atomic E-state index is 12.7. The Bertz CT molecular complexity index is 959. The van der Waals surface area contributed by atoms with Gasteiger partial charge in [0.25, 0.3) is 10.0 Å². The maximum atomic E-state index is 12.7. The van der Waals surface area contributed by atoms with Crippen LogP contribution in [0.1, 0.15) is 11.1 Å². The van der Waals surface area contributed by atoms with Crippen molar-refractivity contribution in [2.45, 2.75) is 23.6 Å². The van der Waals surface area contributed by atoms with E-state index in [1.165, 1.54) is 19.2 Å². The molecule has 0 fully saturated rings. The van der Waals surface area contributed by atoms with E-state index >= 15 is 0 Å². The number of rotatable bonds is 5. The van der Waals surface area contributed by atoms with E-state index in [-0.39, 0.29) is 15.5 Å². The van der Waals surface area contributed by atoms with Gasteiger partial charge < -0.3 is 4.74 Å². The van der Waals surface area contributed by atoms with Crippen LogP contribution in [0, 0.1) is 13.8 Å². The van der Waals surface area contributed by atoms with Gasteiger partial charge in [0, 0.05) is 11.9 Å². The monoisotopic (exact) mass is 369 g/mol. The summed E-state index contributed by atoms with van der Waals surface area (Å²) in [5.41, 5.74) is 2.22. The molecule has 1 N–H and O–H groups in total. The van der Waals surface area contributed by atoms with Crippen LogP contribution in [0.5, 0.6) is 5.75 Å². The number of anilines is 1. The fourth-order valence-electron chi connectivity index (χ4n) is 2.34. The van der Waals surface area contributed by atoms with Crippen molar-refractivity contribution in [1.82, 2.24) is 0 Å². The molecule has 0 aliphatic rings. The molecule has 0 aromatic heterocycles. The molecular weight excluding hydrogens is 350 g/mol. The Labute approximate surface area is 142 Å². The van der Waals surface area contributed by atoms with Gasteiger partial charge in [0.2, 0.25) is 0 Å². The number of sulfone groups is 1. The normalized spacial score (nSPS) is 12.0. The van der Waals surface area contributed by atoms with Crippen molar-refractivity contribution in [3.05, 3.63) is 47.5 Å². The van der Waals surface area contributed by atoms with Gasteiger partial charge in [0.15, 0.2) is 9.84 Å². The molecule has 0 saturated heterocycles. The lowest BCUT2D eigenvalue weighted by molar-refractivity contribution is 0.402. The summed E-state index contributed by atoms with van der Waals surface area (Å²) in [5.74, 6) is 0.0688. The Kier molecular flexibility index (Phi) is 4.91. The summed E-state index contributed by atoms with van der Waals surface area (Å²) in [5, 5.41) is 0. The van der Waals surface area contributed by atoms with Crippen LogP contribution in [0.4, 0.5) is 5.69 Å². The molecule has 6 nitrogen and oxygen atoms in total. The topological polar surface area (TPSA) is 89.5 Å². The Hall–Kier alpha value is -2.06. The van der Waals surface area contributed by atoms with Crippen molar-refractivity contribution in [2.24, 2.45) is 0 Å². The summed E-state index contributed by atoms with van der Waals surface area (Å²) < 4.78 is 56.3. The molecule has 0 radical (unpaired) electrons. The predicted octanol–water partition coefficient (Wildman–Crippen LogP) is 2.52. The first kappa shape index (κ1) is 18.3. The molecule has 0 unspecified atom stereocenters. The summed E-state index contributed by atoms with van der Waals surface area (Å²) in [7, 11) is -6.23. The minimum atomic E-state index is -4.01. The molecule has 0 heterocycles. The van der Waals surface area contributed by atoms with Crippen LogP contribution in [-0.4, -0.2) is 30.2 Å². The van der Waals surface area contributed by atoms with Crippen molar-refractivity contribution >= 4 is 25.5 Å². The van der Waals surface area contributed by atoms with Crippen molar-refractivity contribution in [3.8, 4) is 5.75 Å². The molecule has 8 heteroatoms. The first-order valence-electron chi connectivity index (χ1n) is 7.02. The Morgan fingerprint density at radius 3 is 2.00 bits per heavy atom. The average Bonchev–Trinajstić information content (AvgIpc) is 2.44. The van der Waals surface area contributed by atoms with Crippen molar-refractivity contribution < 1.29 is 21.6 Å². The minimum absolute atomic E-state index is 0.0688. The van der Waals surface area contributed by atoms with Gasteiger partial charge in [-0.2, -0.15) is 0 Å². The standard InChI is InChI=1S/C16H19NO5S2/c1-11-7-12(2)9-13(8-11)17-24(20,21)16-10-14(23(4,18)19)5-6-15(16)22-3/h5-10,17H,1-4H3. The zero-order valence-electron chi connectivity index (χ0n) is 13.8. The highest BCUT2D eigenvalue weighted by atomic mass is 32.2. The van der Waals surface area contributed by atoms with Crippen LogP contribution < -0.4 is 9.46 Å². The molecule has 0 aliphatic heterocycles. The van der Waals surface area contributed by atoms with Gasteiger partial charge in [0.1, 0.15) is 10.6 Å². The summed E-state index contributed by atoms with van der Waals surface area (Å²) >= 11 is 0. The molecule has 2 aromatic carbocycles. The van der Waals surface area contributed by atoms with Gasteiger partial charge >= 0.3 is 0 Å². The van der Waals surface area contributed by atoms with Crippen LogP contribution in [0.15, 0.2) is 46.2 Å². The van der Waals surface area contributed by atoms with Crippen molar-refractivity contribution in [2.75, 3.05) is 18.1 Å². The van der Waals surface area contributed by atoms with Gasteiger partial charge in [0.05, 0.1) is 12.0 Å². The van der Waals surface area contributed by atoms with Crippen molar-refractivity contribution in [3.63, 3.8) is 0 Å². The molecule has 130 valence electrons. The minimum Gasteiger partial charge on any atom is -0.495 e. The highest BCUT2D eigenvalue weighted by Gasteiger charge is 2.22. The second kappa shape index (κ2) is 6.45. The third kappa shape index (κ3) is 4.07. The Morgan fingerprint density at radius 1 is 0.917 bits per heavy atom. The molecule has 0 amide bonds. The Morgan fingerprint density at radius 2 is 1.50 bits per heavy atom. The van der Waals surface area contributed by atoms with E-state index in [4.69, 9.17) is 4.74 Å². The number of hydrogen-bond donors (Lipinski definition) is 1. The lowest BCUT2D eigenvalue weighted by atomic mass is 10.1. The highest BCUT2D eigenvalue weighted by molar-refractivity contribution is 7.93. The van der Waals surface area contributed by atoms with E-state index in [0.29, 0.717) is 5.69 Å². The number of aryl methyl sites for hydroxylation is 2. The molecule has 0 aliphatic carbocycles. The van der Waals surface area contributed by atoms with Crippen LogP contribution in [0.3, 0.4) is 0 Å². The molecule has 2 rings (SSSR count). The molecule has 0 saturated carbocycles. The first-order chi connectivity index (χ1) is 11.0. The van der Waals surface area contributed by atoms with Crippen LogP contribution in [0.25, 0.3) is 0 Å². The number of benzene rings is 2. The second-order valence-electron chi connectivity index (χ2n) is 5.57. The molecule has 24 heavy (non-hydrogen) atoms. The summed E-state index contributed by atoms with van der Waals surface area (Å²) in [4.78, 5) is -0.323. The van der Waals surface area contributed by atoms with Crippen LogP contribution in [0.2, 0.25) is 0 Å². The third-order valence-electron chi connectivity index (χ3n) is 3.33. The van der Waals surface area contributed by atoms with Gasteiger partial charge in [-0.1, -0.05) is 6.07 Å². The zero-order chi connectivity index (χ0) is 18.1. The Balaban J connectivity index is 2.55. The van der Waals surface area contributed by atoms with Gasteiger partial charge in [-0.3, -0.25) is 4.72 Å². The predicted molar refractivity (Wildman–Crippen MR) is 92.8 cm³/mol. The van der Waals surface area contributed by atoms with E-state index in [2.05, 4.69) is 4.72 Å². The van der Waals surface area contributed by atoms with Crippen LogP contribution >= 0.6 is 0 Å². The SMILES string of the molecule is COc1ccc(S(C)(=O)=O)cc1S(=O)(=O)Nc1cc(C)cc(C)c1. The van der Waals surface area contributed by atoms with Crippen molar-refractivity contribution in [1.29, 1.82) is 0 Å². The second-order valence-corrected chi connectivity index (χ2v) is 9.23. The summed E-state index contributed by atoms with van der Waals surface area (Å²) in [6, 6.07) is 9.03. The number of methoxy groups -OCH3 is 1. The smallest absolute Gasteiger partial charge is 0.265 e. The van der Waals surface area contributed by atoms with E-state index in [9.17, 15) is 16.8 Å². The molecule has 0 spiro atoms. The lowest BCUT2D eigenvalue weighted by Gasteiger charge is -2.13. The largest absolute Gasteiger partial charge is 0.495 e. The summed E-state index contributed by atoms with van der Waals surface area (Å²) in [6.07, 6.45) is 1.02. The van der Waals surface area contributed by atoms with Crippen LogP contribution in [-0.2, 0) is 19.9 Å². The van der Waals surface area contributed by atoms with Gasteiger partial charge in [-0.25, -0.2) is 16.8 Å². The third-order valence-corrected chi connectivity index (χ3v) is 5.84. The zero-order valence-corrected chi connectivity index (χ0v) is 15.5. The van der Waals surface area contributed by atoms with Gasteiger partial charge in [-0.05, 0) is 55.3 Å². The molecule has 0 bridgehead atoms. The van der Waals surface area contributed by atoms with E-state index < -0.39 is 19.9 Å². The molecule has 0 atom stereocenters. The van der Waals surface area contributed by atoms with Gasteiger partial charge in [-0.15, -0.1) is 0 Å². The molecular formula is C16H19NO5S2. The average molecular weight is 369 g/mol. The summed E-state index contributed by atoms with van der Waals surface area (Å²) in [6.45, 7) is 3.71. The van der Waals surface area contributed by atoms with E-state index in [0.717, 1.165) is 23.4 Å². The molecule has 2 aromatic rings.